The van der Waals surface area contributed by atoms with E-state index < -0.39 is 16.1 Å². The van der Waals surface area contributed by atoms with Gasteiger partial charge in [0.25, 0.3) is 0 Å². The maximum absolute atomic E-state index is 13.3. The lowest BCUT2D eigenvalue weighted by Gasteiger charge is -2.32. The van der Waals surface area contributed by atoms with Gasteiger partial charge < -0.3 is 9.15 Å². The fourth-order valence-electron chi connectivity index (χ4n) is 3.79. The Hall–Kier alpha value is -1.78. The molecule has 0 amide bonds. The molecule has 4 heterocycles. The first kappa shape index (κ1) is 18.6. The maximum Gasteiger partial charge on any atom is 0.247 e. The lowest BCUT2D eigenvalue weighted by atomic mass is 10.0. The number of piperidine rings is 1. The monoisotopic (exact) mass is 395 g/mol. The largest absolute Gasteiger partial charge is 0.423 e. The molecule has 2 aliphatic heterocycles. The molecule has 0 spiro atoms. The van der Waals surface area contributed by atoms with Gasteiger partial charge in [0.2, 0.25) is 21.8 Å². The van der Waals surface area contributed by atoms with Gasteiger partial charge in [-0.1, -0.05) is 6.42 Å². The van der Waals surface area contributed by atoms with E-state index in [2.05, 4.69) is 15.3 Å². The molecule has 2 saturated heterocycles. The predicted octanol–water partition coefficient (Wildman–Crippen LogP) is 1.92. The molecule has 27 heavy (non-hydrogen) atoms. The number of aryl methyl sites for hydroxylation is 1. The van der Waals surface area contributed by atoms with Crippen molar-refractivity contribution in [3.63, 3.8) is 0 Å². The molecule has 1 unspecified atom stereocenters. The summed E-state index contributed by atoms with van der Waals surface area (Å²) >= 11 is 0. The number of aromatic nitrogens is 4. The van der Waals surface area contributed by atoms with Crippen LogP contribution in [-0.4, -0.2) is 52.5 Å². The standard InChI is InChI=1S/C17H25N5O4S/c1-12-15(11-18-21(12)2)27(23,24)22-8-4-3-5-14(22)17-20-19-16(26-17)13-6-9-25-10-7-13/h11,13-14H,3-10H2,1-2H3. The van der Waals surface area contributed by atoms with Crippen LogP contribution in [0, 0.1) is 6.92 Å². The molecule has 10 heteroatoms. The predicted molar refractivity (Wildman–Crippen MR) is 95.5 cm³/mol. The minimum atomic E-state index is -3.68. The number of hydrogen-bond acceptors (Lipinski definition) is 7. The highest BCUT2D eigenvalue weighted by atomic mass is 32.2. The van der Waals surface area contributed by atoms with E-state index >= 15 is 0 Å². The fraction of sp³-hybridized carbons (Fsp3) is 0.706. The van der Waals surface area contributed by atoms with E-state index in [1.807, 2.05) is 0 Å². The highest BCUT2D eigenvalue weighted by Crippen LogP contribution is 2.36. The maximum atomic E-state index is 13.3. The Bertz CT molecular complexity index is 900. The van der Waals surface area contributed by atoms with Gasteiger partial charge in [0.05, 0.1) is 11.9 Å². The number of nitrogens with zero attached hydrogens (tertiary/aromatic N) is 5. The van der Waals surface area contributed by atoms with Crippen LogP contribution in [0.1, 0.15) is 61.5 Å². The van der Waals surface area contributed by atoms with Crippen LogP contribution in [0.4, 0.5) is 0 Å². The lowest BCUT2D eigenvalue weighted by molar-refractivity contribution is 0.0785. The Morgan fingerprint density at radius 3 is 2.56 bits per heavy atom. The van der Waals surface area contributed by atoms with Gasteiger partial charge in [-0.25, -0.2) is 8.42 Å². The van der Waals surface area contributed by atoms with Gasteiger partial charge >= 0.3 is 0 Å². The average molecular weight is 395 g/mol. The fourth-order valence-corrected chi connectivity index (χ4v) is 5.63. The second-order valence-electron chi connectivity index (χ2n) is 7.21. The Morgan fingerprint density at radius 2 is 1.85 bits per heavy atom. The van der Waals surface area contributed by atoms with Crippen LogP contribution < -0.4 is 0 Å². The van der Waals surface area contributed by atoms with E-state index in [4.69, 9.17) is 9.15 Å². The molecular weight excluding hydrogens is 370 g/mol. The van der Waals surface area contributed by atoms with Crippen LogP contribution in [0.15, 0.2) is 15.5 Å². The number of hydrogen-bond donors (Lipinski definition) is 0. The minimum absolute atomic E-state index is 0.189. The van der Waals surface area contributed by atoms with Crippen molar-refractivity contribution in [1.82, 2.24) is 24.3 Å². The lowest BCUT2D eigenvalue weighted by Crippen LogP contribution is -2.38. The van der Waals surface area contributed by atoms with E-state index in [1.165, 1.54) is 10.5 Å². The zero-order chi connectivity index (χ0) is 19.0. The second-order valence-corrected chi connectivity index (χ2v) is 9.07. The minimum Gasteiger partial charge on any atom is -0.423 e. The van der Waals surface area contributed by atoms with Crippen molar-refractivity contribution < 1.29 is 17.6 Å². The van der Waals surface area contributed by atoms with Crippen molar-refractivity contribution in [3.05, 3.63) is 23.7 Å². The van der Waals surface area contributed by atoms with Gasteiger partial charge in [-0.15, -0.1) is 10.2 Å². The summed E-state index contributed by atoms with van der Waals surface area (Å²) in [6.07, 6.45) is 5.53. The SMILES string of the molecule is Cc1c(S(=O)(=O)N2CCCCC2c2nnc(C3CCOCC3)o2)cnn1C. The summed E-state index contributed by atoms with van der Waals surface area (Å²) in [6.45, 7) is 3.57. The zero-order valence-corrected chi connectivity index (χ0v) is 16.5. The third-order valence-corrected chi connectivity index (χ3v) is 7.55. The van der Waals surface area contributed by atoms with Crippen LogP contribution in [0.25, 0.3) is 0 Å². The Balaban J connectivity index is 1.63. The molecule has 0 N–H and O–H groups in total. The molecule has 2 fully saturated rings. The highest BCUT2D eigenvalue weighted by Gasteiger charge is 2.39. The second kappa shape index (κ2) is 7.33. The van der Waals surface area contributed by atoms with Gasteiger partial charge in [-0.3, -0.25) is 4.68 Å². The molecule has 2 aromatic heterocycles. The van der Waals surface area contributed by atoms with Gasteiger partial charge in [-0.2, -0.15) is 9.40 Å². The molecule has 0 bridgehead atoms. The van der Waals surface area contributed by atoms with Crippen molar-refractivity contribution in [2.45, 2.75) is 55.9 Å². The molecular formula is C17H25N5O4S. The molecule has 0 radical (unpaired) electrons. The van der Waals surface area contributed by atoms with Crippen molar-refractivity contribution in [3.8, 4) is 0 Å². The average Bonchev–Trinajstić information content (AvgIpc) is 3.30. The summed E-state index contributed by atoms with van der Waals surface area (Å²) in [4.78, 5) is 0.237. The van der Waals surface area contributed by atoms with Crippen molar-refractivity contribution in [2.24, 2.45) is 7.05 Å². The van der Waals surface area contributed by atoms with Crippen LogP contribution in [-0.2, 0) is 21.8 Å². The van der Waals surface area contributed by atoms with Crippen molar-refractivity contribution in [2.75, 3.05) is 19.8 Å². The molecule has 2 aromatic rings. The summed E-state index contributed by atoms with van der Waals surface area (Å²) in [5, 5.41) is 12.5. The van der Waals surface area contributed by atoms with Crippen LogP contribution in [0.2, 0.25) is 0 Å². The first-order valence-electron chi connectivity index (χ1n) is 9.40. The summed E-state index contributed by atoms with van der Waals surface area (Å²) in [6, 6.07) is -0.426. The van der Waals surface area contributed by atoms with Crippen LogP contribution in [0.5, 0.6) is 0 Å². The number of sulfonamides is 1. The highest BCUT2D eigenvalue weighted by molar-refractivity contribution is 7.89. The van der Waals surface area contributed by atoms with Crippen LogP contribution >= 0.6 is 0 Å². The molecule has 0 saturated carbocycles. The number of rotatable bonds is 4. The van der Waals surface area contributed by atoms with Crippen LogP contribution in [0.3, 0.4) is 0 Å². The first-order chi connectivity index (χ1) is 13.0. The molecule has 0 aromatic carbocycles. The van der Waals surface area contributed by atoms with E-state index in [9.17, 15) is 8.42 Å². The molecule has 9 nitrogen and oxygen atoms in total. The summed E-state index contributed by atoms with van der Waals surface area (Å²) < 4.78 is 41.0. The molecule has 0 aliphatic carbocycles. The van der Waals surface area contributed by atoms with Gasteiger partial charge in [0.1, 0.15) is 10.9 Å². The first-order valence-corrected chi connectivity index (χ1v) is 10.8. The quantitative estimate of drug-likeness (QED) is 0.779. The summed E-state index contributed by atoms with van der Waals surface area (Å²) in [5.74, 6) is 1.17. The summed E-state index contributed by atoms with van der Waals surface area (Å²) in [7, 11) is -1.95. The molecule has 4 rings (SSSR count). The Morgan fingerprint density at radius 1 is 1.11 bits per heavy atom. The van der Waals surface area contributed by atoms with Gasteiger partial charge in [0.15, 0.2) is 0 Å². The van der Waals surface area contributed by atoms with E-state index in [0.717, 1.165) is 25.7 Å². The molecule has 148 valence electrons. The summed E-state index contributed by atoms with van der Waals surface area (Å²) in [5.41, 5.74) is 0.618. The zero-order valence-electron chi connectivity index (χ0n) is 15.7. The molecule has 1 atom stereocenters. The third kappa shape index (κ3) is 3.41. The normalized spacial score (nSPS) is 23.0. The van der Waals surface area contributed by atoms with E-state index in [0.29, 0.717) is 43.7 Å². The van der Waals surface area contributed by atoms with Crippen molar-refractivity contribution in [1.29, 1.82) is 0 Å². The van der Waals surface area contributed by atoms with Gasteiger partial charge in [0, 0.05) is 32.7 Å². The number of ether oxygens (including phenoxy) is 1. The topological polar surface area (TPSA) is 103 Å². The van der Waals surface area contributed by atoms with Crippen molar-refractivity contribution >= 4 is 10.0 Å². The smallest absolute Gasteiger partial charge is 0.247 e. The van der Waals surface area contributed by atoms with E-state index in [1.54, 1.807) is 18.7 Å². The molecule has 2 aliphatic rings. The van der Waals surface area contributed by atoms with Gasteiger partial charge in [-0.05, 0) is 32.6 Å². The third-order valence-electron chi connectivity index (χ3n) is 5.54. The Labute approximate surface area is 158 Å². The van der Waals surface area contributed by atoms with E-state index in [-0.39, 0.29) is 10.8 Å². The Kier molecular flexibility index (Phi) is 5.04.